The van der Waals surface area contributed by atoms with Crippen LogP contribution >= 0.6 is 11.3 Å². The number of nitrogens with zero attached hydrogens (tertiary/aromatic N) is 1. The SMILES string of the molecule is c1csc(CN2CCNCc3ccccc32)c1. The molecule has 0 amide bonds. The molecule has 0 saturated carbocycles. The molecule has 0 fully saturated rings. The maximum atomic E-state index is 3.47. The van der Waals surface area contributed by atoms with Crippen molar-refractivity contribution in [3.8, 4) is 0 Å². The monoisotopic (exact) mass is 244 g/mol. The van der Waals surface area contributed by atoms with Gasteiger partial charge in [-0.25, -0.2) is 0 Å². The van der Waals surface area contributed by atoms with Gasteiger partial charge in [-0.1, -0.05) is 24.3 Å². The molecule has 2 heterocycles. The lowest BCUT2D eigenvalue weighted by atomic mass is 10.1. The number of rotatable bonds is 2. The van der Waals surface area contributed by atoms with Crippen LogP contribution in [0.25, 0.3) is 0 Å². The number of para-hydroxylation sites is 1. The molecule has 88 valence electrons. The Morgan fingerprint density at radius 3 is 3.00 bits per heavy atom. The molecule has 1 aromatic carbocycles. The Hall–Kier alpha value is -1.32. The van der Waals surface area contributed by atoms with Gasteiger partial charge in [0.25, 0.3) is 0 Å². The average Bonchev–Trinajstić information content (AvgIpc) is 2.78. The van der Waals surface area contributed by atoms with Crippen LogP contribution in [0.3, 0.4) is 0 Å². The largest absolute Gasteiger partial charge is 0.365 e. The maximum absolute atomic E-state index is 3.47. The van der Waals surface area contributed by atoms with Crippen molar-refractivity contribution >= 4 is 17.0 Å². The Kier molecular flexibility index (Phi) is 3.12. The smallest absolute Gasteiger partial charge is 0.0523 e. The molecule has 1 aliphatic rings. The maximum Gasteiger partial charge on any atom is 0.0523 e. The van der Waals surface area contributed by atoms with Crippen LogP contribution in [0.1, 0.15) is 10.4 Å². The molecule has 1 N–H and O–H groups in total. The summed E-state index contributed by atoms with van der Waals surface area (Å²) in [7, 11) is 0. The van der Waals surface area contributed by atoms with Crippen LogP contribution < -0.4 is 10.2 Å². The fraction of sp³-hybridized carbons (Fsp3) is 0.286. The summed E-state index contributed by atoms with van der Waals surface area (Å²) in [4.78, 5) is 3.91. The van der Waals surface area contributed by atoms with E-state index in [1.165, 1.54) is 16.1 Å². The Bertz CT molecular complexity index is 479. The van der Waals surface area contributed by atoms with Crippen molar-refractivity contribution in [3.05, 3.63) is 52.2 Å². The molecule has 1 aromatic heterocycles. The number of benzene rings is 1. The Balaban J connectivity index is 1.89. The van der Waals surface area contributed by atoms with Gasteiger partial charge in [0.15, 0.2) is 0 Å². The summed E-state index contributed by atoms with van der Waals surface area (Å²) in [6.07, 6.45) is 0. The summed E-state index contributed by atoms with van der Waals surface area (Å²) >= 11 is 1.84. The molecule has 2 aromatic rings. The third-order valence-corrected chi connectivity index (χ3v) is 3.99. The van der Waals surface area contributed by atoms with Crippen LogP contribution in [0.4, 0.5) is 5.69 Å². The standard InChI is InChI=1S/C14H16N2S/c1-2-6-14-12(4-1)10-15-7-8-16(14)11-13-5-3-9-17-13/h1-6,9,15H,7-8,10-11H2. The fourth-order valence-corrected chi connectivity index (χ4v) is 3.00. The van der Waals surface area contributed by atoms with E-state index in [4.69, 9.17) is 0 Å². The highest BCUT2D eigenvalue weighted by atomic mass is 32.1. The van der Waals surface area contributed by atoms with Gasteiger partial charge in [0, 0.05) is 30.2 Å². The zero-order valence-corrected chi connectivity index (χ0v) is 10.5. The van der Waals surface area contributed by atoms with Gasteiger partial charge in [-0.3, -0.25) is 0 Å². The average molecular weight is 244 g/mol. The van der Waals surface area contributed by atoms with E-state index in [-0.39, 0.29) is 0 Å². The van der Waals surface area contributed by atoms with Gasteiger partial charge >= 0.3 is 0 Å². The van der Waals surface area contributed by atoms with Gasteiger partial charge in [0.05, 0.1) is 6.54 Å². The second-order valence-electron chi connectivity index (χ2n) is 4.31. The molecule has 0 unspecified atom stereocenters. The van der Waals surface area contributed by atoms with Crippen molar-refractivity contribution in [3.63, 3.8) is 0 Å². The Labute approximate surface area is 106 Å². The summed E-state index contributed by atoms with van der Waals surface area (Å²) in [5.74, 6) is 0. The fourth-order valence-electron chi connectivity index (χ4n) is 2.28. The second-order valence-corrected chi connectivity index (χ2v) is 5.34. The second kappa shape index (κ2) is 4.90. The van der Waals surface area contributed by atoms with Gasteiger partial charge in [-0.2, -0.15) is 0 Å². The number of hydrogen-bond donors (Lipinski definition) is 1. The van der Waals surface area contributed by atoms with Crippen LogP contribution in [0.2, 0.25) is 0 Å². The van der Waals surface area contributed by atoms with Gasteiger partial charge in [-0.15, -0.1) is 11.3 Å². The molecule has 0 radical (unpaired) electrons. The molecule has 2 nitrogen and oxygen atoms in total. The highest BCUT2D eigenvalue weighted by Crippen LogP contribution is 2.24. The first-order valence-corrected chi connectivity index (χ1v) is 6.87. The minimum absolute atomic E-state index is 0.983. The van der Waals surface area contributed by atoms with E-state index in [0.29, 0.717) is 0 Å². The van der Waals surface area contributed by atoms with Crippen LogP contribution in [0.15, 0.2) is 41.8 Å². The third-order valence-electron chi connectivity index (χ3n) is 3.13. The van der Waals surface area contributed by atoms with Crippen LogP contribution in [0.5, 0.6) is 0 Å². The first-order valence-electron chi connectivity index (χ1n) is 5.99. The lowest BCUT2D eigenvalue weighted by Gasteiger charge is -2.23. The van der Waals surface area contributed by atoms with E-state index in [2.05, 4.69) is 52.0 Å². The lowest BCUT2D eigenvalue weighted by molar-refractivity contribution is 0.690. The van der Waals surface area contributed by atoms with Crippen LogP contribution in [-0.2, 0) is 13.1 Å². The zero-order chi connectivity index (χ0) is 11.5. The molecule has 3 rings (SSSR count). The van der Waals surface area contributed by atoms with Crippen molar-refractivity contribution in [1.82, 2.24) is 5.32 Å². The molecule has 17 heavy (non-hydrogen) atoms. The van der Waals surface area contributed by atoms with Crippen LogP contribution in [0, 0.1) is 0 Å². The molecule has 0 aliphatic carbocycles. The van der Waals surface area contributed by atoms with Gasteiger partial charge in [0.1, 0.15) is 0 Å². The molecule has 0 spiro atoms. The molecular formula is C14H16N2S. The zero-order valence-electron chi connectivity index (χ0n) is 9.73. The first-order chi connectivity index (χ1) is 8.43. The van der Waals surface area contributed by atoms with E-state index in [1.807, 2.05) is 11.3 Å². The summed E-state index contributed by atoms with van der Waals surface area (Å²) in [5, 5.41) is 5.62. The number of anilines is 1. The van der Waals surface area contributed by atoms with Crippen LogP contribution in [-0.4, -0.2) is 13.1 Å². The van der Waals surface area contributed by atoms with Gasteiger partial charge in [-0.05, 0) is 23.1 Å². The van der Waals surface area contributed by atoms with E-state index >= 15 is 0 Å². The molecular weight excluding hydrogens is 228 g/mol. The summed E-state index contributed by atoms with van der Waals surface area (Å²) in [6.45, 7) is 4.14. The minimum atomic E-state index is 0.983. The number of hydrogen-bond acceptors (Lipinski definition) is 3. The molecule has 0 atom stereocenters. The highest BCUT2D eigenvalue weighted by molar-refractivity contribution is 7.09. The predicted molar refractivity (Wildman–Crippen MR) is 73.5 cm³/mol. The number of thiophene rings is 1. The van der Waals surface area contributed by atoms with E-state index in [9.17, 15) is 0 Å². The lowest BCUT2D eigenvalue weighted by Crippen LogP contribution is -2.27. The summed E-state index contributed by atoms with van der Waals surface area (Å²) < 4.78 is 0. The molecule has 3 heteroatoms. The van der Waals surface area contributed by atoms with E-state index in [0.717, 1.165) is 26.2 Å². The van der Waals surface area contributed by atoms with Crippen molar-refractivity contribution in [2.45, 2.75) is 13.1 Å². The summed E-state index contributed by atoms with van der Waals surface area (Å²) in [5.41, 5.74) is 2.78. The predicted octanol–water partition coefficient (Wildman–Crippen LogP) is 2.86. The van der Waals surface area contributed by atoms with Crippen molar-refractivity contribution in [2.24, 2.45) is 0 Å². The first kappa shape index (κ1) is 10.8. The van der Waals surface area contributed by atoms with Crippen molar-refractivity contribution < 1.29 is 0 Å². The van der Waals surface area contributed by atoms with E-state index in [1.54, 1.807) is 0 Å². The topological polar surface area (TPSA) is 15.3 Å². The van der Waals surface area contributed by atoms with Gasteiger partial charge in [0.2, 0.25) is 0 Å². The minimum Gasteiger partial charge on any atom is -0.365 e. The third kappa shape index (κ3) is 2.35. The molecule has 0 saturated heterocycles. The normalized spacial score (nSPS) is 15.4. The Morgan fingerprint density at radius 2 is 2.12 bits per heavy atom. The van der Waals surface area contributed by atoms with Crippen molar-refractivity contribution in [2.75, 3.05) is 18.0 Å². The van der Waals surface area contributed by atoms with Gasteiger partial charge < -0.3 is 10.2 Å². The van der Waals surface area contributed by atoms with E-state index < -0.39 is 0 Å². The summed E-state index contributed by atoms with van der Waals surface area (Å²) in [6, 6.07) is 13.0. The molecule has 0 bridgehead atoms. The van der Waals surface area contributed by atoms with Crippen molar-refractivity contribution in [1.29, 1.82) is 0 Å². The number of nitrogens with one attached hydrogen (secondary N) is 1. The quantitative estimate of drug-likeness (QED) is 0.874. The number of fused-ring (bicyclic) bond motifs is 1. The highest BCUT2D eigenvalue weighted by Gasteiger charge is 2.14. The Morgan fingerprint density at radius 1 is 1.18 bits per heavy atom. The molecule has 1 aliphatic heterocycles.